The number of aromatic hydroxyl groups is 1. The summed E-state index contributed by atoms with van der Waals surface area (Å²) >= 11 is 6.10. The molecule has 0 aliphatic carbocycles. The van der Waals surface area contributed by atoms with Crippen molar-refractivity contribution in [2.45, 2.75) is 20.4 Å². The van der Waals surface area contributed by atoms with E-state index in [4.69, 9.17) is 11.6 Å². The fourth-order valence-corrected chi connectivity index (χ4v) is 3.30. The Balaban J connectivity index is 1.99. The van der Waals surface area contributed by atoms with Gasteiger partial charge in [-0.3, -0.25) is 9.88 Å². The Hall–Kier alpha value is -2.30. The quantitative estimate of drug-likeness (QED) is 0.648. The van der Waals surface area contributed by atoms with Gasteiger partial charge in [0.15, 0.2) is 0 Å². The van der Waals surface area contributed by atoms with E-state index in [1.807, 2.05) is 37.4 Å². The van der Waals surface area contributed by atoms with Gasteiger partial charge in [0, 0.05) is 41.4 Å². The molecule has 3 aromatic rings. The predicted molar refractivity (Wildman–Crippen MR) is 110 cm³/mol. The smallest absolute Gasteiger partial charge is 0.120 e. The minimum absolute atomic E-state index is 0.334. The number of rotatable bonds is 6. The molecule has 0 amide bonds. The van der Waals surface area contributed by atoms with Gasteiger partial charge in [-0.1, -0.05) is 25.4 Å². The van der Waals surface area contributed by atoms with Crippen LogP contribution in [0.4, 0.5) is 11.4 Å². The summed E-state index contributed by atoms with van der Waals surface area (Å²) in [6.45, 7) is 6.89. The fourth-order valence-electron chi connectivity index (χ4n) is 3.13. The number of benzene rings is 2. The molecule has 26 heavy (non-hydrogen) atoms. The first kappa shape index (κ1) is 18.5. The van der Waals surface area contributed by atoms with Crippen LogP contribution in [0.25, 0.3) is 10.9 Å². The second kappa shape index (κ2) is 7.94. The second-order valence-corrected chi connectivity index (χ2v) is 6.76. The number of aromatic nitrogens is 1. The molecule has 1 N–H and O–H groups in total. The first-order valence-corrected chi connectivity index (χ1v) is 9.23. The lowest BCUT2D eigenvalue weighted by atomic mass is 10.1. The lowest BCUT2D eigenvalue weighted by molar-refractivity contribution is 0.291. The van der Waals surface area contributed by atoms with Crippen molar-refractivity contribution in [3.63, 3.8) is 0 Å². The van der Waals surface area contributed by atoms with Gasteiger partial charge in [-0.05, 0) is 55.6 Å². The van der Waals surface area contributed by atoms with E-state index < -0.39 is 0 Å². The first-order chi connectivity index (χ1) is 12.5. The maximum absolute atomic E-state index is 10.3. The van der Waals surface area contributed by atoms with Crippen LogP contribution in [0.3, 0.4) is 0 Å². The molecule has 0 aliphatic rings. The Morgan fingerprint density at radius 3 is 2.54 bits per heavy atom. The van der Waals surface area contributed by atoms with Gasteiger partial charge in [0.2, 0.25) is 0 Å². The molecule has 0 fully saturated rings. The van der Waals surface area contributed by atoms with Crippen molar-refractivity contribution in [3.8, 4) is 5.75 Å². The van der Waals surface area contributed by atoms with Crippen LogP contribution in [0.2, 0.25) is 5.02 Å². The minimum atomic E-state index is 0.334. The fraction of sp³-hybridized carbons (Fsp3) is 0.286. The van der Waals surface area contributed by atoms with Crippen molar-refractivity contribution in [1.29, 1.82) is 0 Å². The minimum Gasteiger partial charge on any atom is -0.508 e. The third-order valence-corrected chi connectivity index (χ3v) is 5.02. The molecular weight excluding hydrogens is 346 g/mol. The van der Waals surface area contributed by atoms with E-state index in [0.29, 0.717) is 10.8 Å². The van der Waals surface area contributed by atoms with Crippen molar-refractivity contribution < 1.29 is 5.11 Å². The van der Waals surface area contributed by atoms with Crippen LogP contribution in [-0.4, -0.2) is 35.1 Å². The topological polar surface area (TPSA) is 39.6 Å². The number of hydrogen-bond donors (Lipinski definition) is 1. The molecule has 2 aromatic carbocycles. The molecule has 0 atom stereocenters. The van der Waals surface area contributed by atoms with Gasteiger partial charge in [-0.2, -0.15) is 0 Å². The first-order valence-electron chi connectivity index (χ1n) is 8.85. The summed E-state index contributed by atoms with van der Waals surface area (Å²) in [6, 6.07) is 13.5. The maximum atomic E-state index is 10.3. The molecule has 0 aliphatic heterocycles. The normalized spacial score (nSPS) is 11.3. The Bertz CT molecular complexity index is 909. The van der Waals surface area contributed by atoms with Gasteiger partial charge < -0.3 is 10.0 Å². The number of nitrogens with zero attached hydrogens (tertiary/aromatic N) is 3. The van der Waals surface area contributed by atoms with Crippen LogP contribution in [0.1, 0.15) is 19.4 Å². The standard InChI is InChI=1S/C21H24ClN3O/c1-4-25(5-2)14-15-12-17(7-9-21(15)26)24(3)20-10-11-23-19-13-16(22)6-8-18(19)20/h6-13,26H,4-5,14H2,1-3H3. The summed E-state index contributed by atoms with van der Waals surface area (Å²) in [5.74, 6) is 0.334. The van der Waals surface area contributed by atoms with E-state index in [1.54, 1.807) is 12.3 Å². The van der Waals surface area contributed by atoms with Crippen molar-refractivity contribution in [3.05, 3.63) is 59.2 Å². The van der Waals surface area contributed by atoms with Crippen molar-refractivity contribution >= 4 is 33.9 Å². The Morgan fingerprint density at radius 2 is 1.81 bits per heavy atom. The number of phenols is 1. The Morgan fingerprint density at radius 1 is 1.04 bits per heavy atom. The molecule has 4 nitrogen and oxygen atoms in total. The number of halogens is 1. The average Bonchev–Trinajstić information content (AvgIpc) is 2.66. The van der Waals surface area contributed by atoms with Crippen molar-refractivity contribution in [2.75, 3.05) is 25.0 Å². The summed E-state index contributed by atoms with van der Waals surface area (Å²) in [5.41, 5.74) is 3.86. The number of hydrogen-bond acceptors (Lipinski definition) is 4. The zero-order chi connectivity index (χ0) is 18.7. The highest BCUT2D eigenvalue weighted by atomic mass is 35.5. The van der Waals surface area contributed by atoms with E-state index >= 15 is 0 Å². The third-order valence-electron chi connectivity index (χ3n) is 4.78. The summed E-state index contributed by atoms with van der Waals surface area (Å²) < 4.78 is 0. The SMILES string of the molecule is CCN(CC)Cc1cc(N(C)c2ccnc3cc(Cl)ccc23)ccc1O. The highest BCUT2D eigenvalue weighted by molar-refractivity contribution is 6.31. The summed E-state index contributed by atoms with van der Waals surface area (Å²) in [6.07, 6.45) is 1.79. The molecule has 1 aromatic heterocycles. The zero-order valence-electron chi connectivity index (χ0n) is 15.4. The predicted octanol–water partition coefficient (Wildman–Crippen LogP) is 5.20. The van der Waals surface area contributed by atoms with E-state index in [-0.39, 0.29) is 0 Å². The van der Waals surface area contributed by atoms with Gasteiger partial charge in [0.05, 0.1) is 11.2 Å². The molecular formula is C21H24ClN3O. The molecule has 0 unspecified atom stereocenters. The second-order valence-electron chi connectivity index (χ2n) is 6.32. The van der Waals surface area contributed by atoms with E-state index in [9.17, 15) is 5.11 Å². The average molecular weight is 370 g/mol. The molecule has 0 bridgehead atoms. The summed E-state index contributed by atoms with van der Waals surface area (Å²) in [5, 5.41) is 12.0. The van der Waals surface area contributed by atoms with Gasteiger partial charge in [0.25, 0.3) is 0 Å². The summed E-state index contributed by atoms with van der Waals surface area (Å²) in [7, 11) is 2.02. The van der Waals surface area contributed by atoms with Crippen molar-refractivity contribution in [1.82, 2.24) is 9.88 Å². The summed E-state index contributed by atoms with van der Waals surface area (Å²) in [4.78, 5) is 8.81. The van der Waals surface area contributed by atoms with Crippen LogP contribution in [0.15, 0.2) is 48.7 Å². The number of fused-ring (bicyclic) bond motifs is 1. The van der Waals surface area contributed by atoms with Gasteiger partial charge in [0.1, 0.15) is 5.75 Å². The van der Waals surface area contributed by atoms with Crippen LogP contribution < -0.4 is 4.90 Å². The van der Waals surface area contributed by atoms with Crippen LogP contribution >= 0.6 is 11.6 Å². The van der Waals surface area contributed by atoms with Gasteiger partial charge in [-0.15, -0.1) is 0 Å². The van der Waals surface area contributed by atoms with Crippen LogP contribution in [0.5, 0.6) is 5.75 Å². The number of pyridine rings is 1. The van der Waals surface area contributed by atoms with E-state index in [0.717, 1.165) is 47.5 Å². The molecule has 136 valence electrons. The molecule has 5 heteroatoms. The van der Waals surface area contributed by atoms with E-state index in [1.165, 1.54) is 0 Å². The Labute approximate surface area is 159 Å². The Kier molecular flexibility index (Phi) is 5.64. The van der Waals surface area contributed by atoms with Gasteiger partial charge >= 0.3 is 0 Å². The molecule has 0 saturated carbocycles. The molecule has 1 heterocycles. The monoisotopic (exact) mass is 369 g/mol. The van der Waals surface area contributed by atoms with Crippen LogP contribution in [-0.2, 0) is 6.54 Å². The highest BCUT2D eigenvalue weighted by Gasteiger charge is 2.13. The highest BCUT2D eigenvalue weighted by Crippen LogP contribution is 2.33. The zero-order valence-corrected chi connectivity index (χ0v) is 16.2. The molecule has 3 rings (SSSR count). The largest absolute Gasteiger partial charge is 0.508 e. The lowest BCUT2D eigenvalue weighted by Crippen LogP contribution is -2.22. The van der Waals surface area contributed by atoms with Crippen molar-refractivity contribution in [2.24, 2.45) is 0 Å². The number of anilines is 2. The molecule has 0 radical (unpaired) electrons. The molecule has 0 saturated heterocycles. The lowest BCUT2D eigenvalue weighted by Gasteiger charge is -2.24. The van der Waals surface area contributed by atoms with Gasteiger partial charge in [-0.25, -0.2) is 0 Å². The number of phenolic OH excluding ortho intramolecular Hbond substituents is 1. The maximum Gasteiger partial charge on any atom is 0.120 e. The van der Waals surface area contributed by atoms with E-state index in [2.05, 4.69) is 34.7 Å². The third kappa shape index (κ3) is 3.76. The van der Waals surface area contributed by atoms with Crippen LogP contribution in [0, 0.1) is 0 Å². The molecule has 0 spiro atoms.